The summed E-state index contributed by atoms with van der Waals surface area (Å²) in [4.78, 5) is 36.1. The first-order valence-corrected chi connectivity index (χ1v) is 12.2. The summed E-state index contributed by atoms with van der Waals surface area (Å²) in [6, 6.07) is 11.4. The van der Waals surface area contributed by atoms with E-state index in [0.29, 0.717) is 18.1 Å². The quantitative estimate of drug-likeness (QED) is 0.556. The molecule has 2 aliphatic rings. The van der Waals surface area contributed by atoms with E-state index in [-0.39, 0.29) is 11.4 Å². The minimum atomic E-state index is -0.559. The van der Waals surface area contributed by atoms with Crippen LogP contribution >= 0.6 is 11.3 Å². The zero-order valence-electron chi connectivity index (χ0n) is 19.2. The van der Waals surface area contributed by atoms with Crippen LogP contribution in [0.5, 0.6) is 5.75 Å². The van der Waals surface area contributed by atoms with Crippen LogP contribution < -0.4 is 15.8 Å². The number of nitrogens with two attached hydrogens (primary N) is 1. The molecular weight excluding hydrogens is 450 g/mol. The fourth-order valence-electron chi connectivity index (χ4n) is 4.75. The number of primary amides is 1. The van der Waals surface area contributed by atoms with Crippen LogP contribution in [0.4, 0.5) is 9.93 Å². The molecule has 1 saturated carbocycles. The average molecular weight is 478 g/mol. The van der Waals surface area contributed by atoms with Crippen molar-refractivity contribution in [1.29, 1.82) is 0 Å². The van der Waals surface area contributed by atoms with Gasteiger partial charge in [-0.25, -0.2) is 9.78 Å². The van der Waals surface area contributed by atoms with Crippen LogP contribution in [0.1, 0.15) is 42.6 Å². The molecule has 3 N–H and O–H groups in total. The monoisotopic (exact) mass is 477 g/mol. The fraction of sp³-hybridized carbons (Fsp3) is 0.360. The highest BCUT2D eigenvalue weighted by molar-refractivity contribution is 7.19. The second-order valence-corrected chi connectivity index (χ2v) is 9.86. The fourth-order valence-corrected chi connectivity index (χ4v) is 5.70. The van der Waals surface area contributed by atoms with E-state index < -0.39 is 11.9 Å². The third-order valence-electron chi connectivity index (χ3n) is 6.76. The lowest BCUT2D eigenvalue weighted by molar-refractivity contribution is -0.121. The number of carbonyl (C=O) groups excluding carboxylic acids is 2. The number of benzene rings is 1. The van der Waals surface area contributed by atoms with Gasteiger partial charge in [0.05, 0.1) is 23.4 Å². The highest BCUT2D eigenvalue weighted by atomic mass is 32.1. The molecule has 1 saturated heterocycles. The molecular formula is C25H27N5O3S. The summed E-state index contributed by atoms with van der Waals surface area (Å²) < 4.78 is 5.30. The third-order valence-corrected chi connectivity index (χ3v) is 7.88. The predicted molar refractivity (Wildman–Crippen MR) is 131 cm³/mol. The molecule has 1 aliphatic heterocycles. The molecule has 1 aliphatic carbocycles. The number of anilines is 1. The Morgan fingerprint density at radius 1 is 1.24 bits per heavy atom. The summed E-state index contributed by atoms with van der Waals surface area (Å²) in [6.07, 6.45) is 5.30. The van der Waals surface area contributed by atoms with E-state index in [0.717, 1.165) is 46.8 Å². The van der Waals surface area contributed by atoms with Gasteiger partial charge in [-0.05, 0) is 68.0 Å². The molecule has 1 aromatic carbocycles. The van der Waals surface area contributed by atoms with Crippen molar-refractivity contribution in [3.05, 3.63) is 59.5 Å². The summed E-state index contributed by atoms with van der Waals surface area (Å²) in [7, 11) is 1.67. The molecule has 8 nitrogen and oxygen atoms in total. The van der Waals surface area contributed by atoms with Gasteiger partial charge in [-0.3, -0.25) is 15.1 Å². The minimum Gasteiger partial charge on any atom is -0.497 e. The Labute approximate surface area is 202 Å². The highest BCUT2D eigenvalue weighted by Crippen LogP contribution is 2.53. The number of carbonyl (C=O) groups is 2. The Hall–Kier alpha value is -3.46. The van der Waals surface area contributed by atoms with Crippen molar-refractivity contribution in [3.8, 4) is 16.2 Å². The SMILES string of the molecule is COc1ccc(C2(c3cc(-c4sc(NC(=O)N5CCCC5C(N)=O)nc4C)ccn3)CC2)cc1. The number of aryl methyl sites for hydroxylation is 1. The first-order valence-electron chi connectivity index (χ1n) is 11.4. The Morgan fingerprint density at radius 2 is 2.00 bits per heavy atom. The number of nitrogens with one attached hydrogen (secondary N) is 1. The van der Waals surface area contributed by atoms with E-state index >= 15 is 0 Å². The summed E-state index contributed by atoms with van der Waals surface area (Å²) in [5, 5.41) is 3.35. The van der Waals surface area contributed by atoms with Gasteiger partial charge in [0.1, 0.15) is 11.8 Å². The topological polar surface area (TPSA) is 110 Å². The molecule has 2 fully saturated rings. The molecule has 0 spiro atoms. The Bertz CT molecular complexity index is 1240. The van der Waals surface area contributed by atoms with Gasteiger partial charge in [0, 0.05) is 18.2 Å². The summed E-state index contributed by atoms with van der Waals surface area (Å²) in [5.41, 5.74) is 9.51. The number of methoxy groups -OCH3 is 1. The molecule has 34 heavy (non-hydrogen) atoms. The Balaban J connectivity index is 1.38. The molecule has 176 valence electrons. The molecule has 0 bridgehead atoms. The van der Waals surface area contributed by atoms with Crippen LogP contribution in [-0.4, -0.2) is 46.5 Å². The van der Waals surface area contributed by atoms with Gasteiger partial charge in [-0.15, -0.1) is 0 Å². The standard InChI is InChI=1S/C25H27N5O3S/c1-15-21(34-23(28-15)29-24(32)30-13-3-4-19(30)22(26)31)16-9-12-27-20(14-16)25(10-11-25)17-5-7-18(33-2)8-6-17/h5-9,12,14,19H,3-4,10-11,13H2,1-2H3,(H2,26,31)(H,28,29,32). The van der Waals surface area contributed by atoms with Crippen LogP contribution in [0.15, 0.2) is 42.6 Å². The number of urea groups is 1. The maximum atomic E-state index is 12.7. The largest absolute Gasteiger partial charge is 0.497 e. The first-order chi connectivity index (χ1) is 16.4. The number of nitrogens with zero attached hydrogens (tertiary/aromatic N) is 3. The highest BCUT2D eigenvalue weighted by Gasteiger charge is 2.47. The zero-order valence-corrected chi connectivity index (χ0v) is 20.0. The maximum absolute atomic E-state index is 12.7. The number of hydrogen-bond donors (Lipinski definition) is 2. The van der Waals surface area contributed by atoms with Crippen molar-refractivity contribution < 1.29 is 14.3 Å². The van der Waals surface area contributed by atoms with Crippen molar-refractivity contribution in [1.82, 2.24) is 14.9 Å². The van der Waals surface area contributed by atoms with E-state index in [1.807, 2.05) is 31.3 Å². The second-order valence-electron chi connectivity index (χ2n) is 8.86. The van der Waals surface area contributed by atoms with Crippen LogP contribution in [-0.2, 0) is 10.2 Å². The van der Waals surface area contributed by atoms with Gasteiger partial charge in [-0.1, -0.05) is 23.5 Å². The van der Waals surface area contributed by atoms with Crippen LogP contribution in [0.2, 0.25) is 0 Å². The number of thiazole rings is 1. The van der Waals surface area contributed by atoms with Crippen LogP contribution in [0, 0.1) is 6.92 Å². The number of likely N-dealkylation sites (tertiary alicyclic amines) is 1. The molecule has 9 heteroatoms. The lowest BCUT2D eigenvalue weighted by Crippen LogP contribution is -2.45. The number of rotatable bonds is 6. The Kier molecular flexibility index (Phi) is 5.73. The molecule has 1 atom stereocenters. The third kappa shape index (κ3) is 4.00. The van der Waals surface area contributed by atoms with Crippen molar-refractivity contribution >= 4 is 28.4 Å². The van der Waals surface area contributed by atoms with Crippen molar-refractivity contribution in [2.24, 2.45) is 5.73 Å². The number of hydrogen-bond acceptors (Lipinski definition) is 6. The normalized spacial score (nSPS) is 18.5. The van der Waals surface area contributed by atoms with Crippen molar-refractivity contribution in [2.45, 2.75) is 44.1 Å². The summed E-state index contributed by atoms with van der Waals surface area (Å²) in [6.45, 7) is 2.44. The summed E-state index contributed by atoms with van der Waals surface area (Å²) in [5.74, 6) is 0.367. The molecule has 3 aromatic rings. The molecule has 2 aromatic heterocycles. The molecule has 1 unspecified atom stereocenters. The van der Waals surface area contributed by atoms with E-state index in [2.05, 4.69) is 28.5 Å². The van der Waals surface area contributed by atoms with Gasteiger partial charge in [-0.2, -0.15) is 0 Å². The zero-order chi connectivity index (χ0) is 23.9. The molecule has 0 radical (unpaired) electrons. The van der Waals surface area contributed by atoms with Gasteiger partial charge >= 0.3 is 6.03 Å². The maximum Gasteiger partial charge on any atom is 0.324 e. The average Bonchev–Trinajstić information content (AvgIpc) is 3.34. The molecule has 3 heterocycles. The van der Waals surface area contributed by atoms with Gasteiger partial charge < -0.3 is 15.4 Å². The van der Waals surface area contributed by atoms with Gasteiger partial charge in [0.2, 0.25) is 5.91 Å². The van der Waals surface area contributed by atoms with Gasteiger partial charge in [0.15, 0.2) is 5.13 Å². The van der Waals surface area contributed by atoms with E-state index in [1.165, 1.54) is 21.8 Å². The second kappa shape index (κ2) is 8.72. The lowest BCUT2D eigenvalue weighted by atomic mass is 9.91. The smallest absolute Gasteiger partial charge is 0.324 e. The van der Waals surface area contributed by atoms with Crippen LogP contribution in [0.3, 0.4) is 0 Å². The van der Waals surface area contributed by atoms with Crippen LogP contribution in [0.25, 0.3) is 10.4 Å². The van der Waals surface area contributed by atoms with E-state index in [9.17, 15) is 9.59 Å². The molecule has 5 rings (SSSR count). The Morgan fingerprint density at radius 3 is 2.68 bits per heavy atom. The number of pyridine rings is 1. The van der Waals surface area contributed by atoms with Gasteiger partial charge in [0.25, 0.3) is 0 Å². The van der Waals surface area contributed by atoms with Crippen molar-refractivity contribution in [2.75, 3.05) is 19.0 Å². The number of aromatic nitrogens is 2. The lowest BCUT2D eigenvalue weighted by Gasteiger charge is -2.21. The number of amides is 3. The molecule has 3 amide bonds. The van der Waals surface area contributed by atoms with E-state index in [1.54, 1.807) is 7.11 Å². The predicted octanol–water partition coefficient (Wildman–Crippen LogP) is 4.08. The van der Waals surface area contributed by atoms with E-state index in [4.69, 9.17) is 15.5 Å². The summed E-state index contributed by atoms with van der Waals surface area (Å²) >= 11 is 1.42. The number of ether oxygens (including phenoxy) is 1. The first kappa shape index (κ1) is 22.3. The minimum absolute atomic E-state index is 0.0720. The van der Waals surface area contributed by atoms with Crippen molar-refractivity contribution in [3.63, 3.8) is 0 Å².